The Morgan fingerprint density at radius 1 is 0.635 bits per heavy atom. The van der Waals surface area contributed by atoms with E-state index in [4.69, 9.17) is 4.74 Å². The molecule has 2 amide bonds. The molecule has 0 spiro atoms. The van der Waals surface area contributed by atoms with Gasteiger partial charge in [0, 0.05) is 67.5 Å². The topological polar surface area (TPSA) is 179 Å². The predicted octanol–water partition coefficient (Wildman–Crippen LogP) is 10.3. The van der Waals surface area contributed by atoms with Crippen LogP contribution in [0.2, 0.25) is 0 Å². The number of hydrogen-bond donors (Lipinski definition) is 2. The van der Waals surface area contributed by atoms with Crippen LogP contribution in [0.15, 0.2) is 146 Å². The van der Waals surface area contributed by atoms with Crippen molar-refractivity contribution >= 4 is 65.0 Å². The minimum Gasteiger partial charge on any atom is -0.505 e. The van der Waals surface area contributed by atoms with Crippen molar-refractivity contribution in [1.29, 1.82) is 0 Å². The number of carbonyl (C=O) groups is 2. The maximum atomic E-state index is 14.2. The average molecular weight is 1040 g/mol. The molecule has 0 saturated heterocycles. The van der Waals surface area contributed by atoms with E-state index in [0.717, 1.165) is 22.3 Å². The summed E-state index contributed by atoms with van der Waals surface area (Å²) in [4.78, 5) is 39.3. The van der Waals surface area contributed by atoms with Crippen molar-refractivity contribution in [3.8, 4) is 11.5 Å². The summed E-state index contributed by atoms with van der Waals surface area (Å²) < 4.78 is 89.9. The highest BCUT2D eigenvalue weighted by molar-refractivity contribution is 7.93. The summed E-state index contributed by atoms with van der Waals surface area (Å²) in [6, 6.07) is 38.0. The van der Waals surface area contributed by atoms with Crippen LogP contribution in [0.25, 0.3) is 21.8 Å². The van der Waals surface area contributed by atoms with Crippen molar-refractivity contribution in [2.24, 2.45) is 0 Å². The fraction of sp³-hybridized carbons (Fsp3) is 0.214. The second kappa shape index (κ2) is 20.5. The van der Waals surface area contributed by atoms with Gasteiger partial charge in [-0.25, -0.2) is 25.6 Å². The van der Waals surface area contributed by atoms with E-state index < -0.39 is 42.6 Å². The Hall–Kier alpha value is -7.96. The lowest BCUT2D eigenvalue weighted by Crippen LogP contribution is -2.34. The highest BCUT2D eigenvalue weighted by Crippen LogP contribution is 2.47. The molecule has 6 aromatic carbocycles. The first-order chi connectivity index (χ1) is 35.3. The van der Waals surface area contributed by atoms with E-state index in [0.29, 0.717) is 38.8 Å². The molecule has 2 aliphatic heterocycles. The molecule has 0 bridgehead atoms. The standard InChI is InChI=1S/C34H30FN3O4S.C22H22FN3O4S/c1-22(2)43(40,41)37-30-27-14-9-19-36-31(27)33(42-32(24-10-5-3-6-11-24)25-12-7-4-8-13-25)29-28(30)21-38(34(29)39)20-23-15-17-26(35)18-16-23;1-13(2)31(29,30)25(3)20-16-5-4-10-24-19(16)21(27)18-17(20)12-26(22(18)28)11-14-6-8-15(23)9-7-14/h3-19,22,32,37H,20-21H2,1-2H3;4-10,13,27H,11-12H2,1-3H3. The zero-order valence-corrected chi connectivity index (χ0v) is 42.7. The Kier molecular flexibility index (Phi) is 14.1. The third-order valence-electron chi connectivity index (χ3n) is 13.1. The number of anilines is 2. The summed E-state index contributed by atoms with van der Waals surface area (Å²) in [5.74, 6) is -1.49. The molecule has 0 unspecified atom stereocenters. The molecule has 0 aliphatic carbocycles. The number of rotatable bonds is 14. The van der Waals surface area contributed by atoms with Gasteiger partial charge in [-0.05, 0) is 98.5 Å². The van der Waals surface area contributed by atoms with Gasteiger partial charge in [-0.3, -0.25) is 28.6 Å². The molecule has 18 heteroatoms. The highest BCUT2D eigenvalue weighted by Gasteiger charge is 2.40. The molecule has 0 fully saturated rings. The van der Waals surface area contributed by atoms with Crippen LogP contribution in [0, 0.1) is 11.6 Å². The van der Waals surface area contributed by atoms with Crippen LogP contribution >= 0.6 is 0 Å². The Labute approximate surface area is 428 Å². The maximum Gasteiger partial charge on any atom is 0.258 e. The van der Waals surface area contributed by atoms with Crippen molar-refractivity contribution in [3.05, 3.63) is 202 Å². The van der Waals surface area contributed by atoms with Crippen LogP contribution in [0.1, 0.15) is 87.9 Å². The van der Waals surface area contributed by atoms with E-state index in [1.165, 1.54) is 46.7 Å². The molecule has 0 atom stereocenters. The Morgan fingerprint density at radius 2 is 1.12 bits per heavy atom. The summed E-state index contributed by atoms with van der Waals surface area (Å²) in [6.07, 6.45) is 2.50. The minimum atomic E-state index is -3.77. The quantitative estimate of drug-likeness (QED) is 0.106. The van der Waals surface area contributed by atoms with Gasteiger partial charge in [0.15, 0.2) is 11.5 Å². The zero-order valence-electron chi connectivity index (χ0n) is 41.0. The number of nitrogens with zero attached hydrogens (tertiary/aromatic N) is 5. The van der Waals surface area contributed by atoms with Crippen LogP contribution in [0.3, 0.4) is 0 Å². The van der Waals surface area contributed by atoms with Gasteiger partial charge in [0.2, 0.25) is 20.0 Å². The van der Waals surface area contributed by atoms with Gasteiger partial charge in [0.25, 0.3) is 11.8 Å². The number of phenolic OH excluding ortho intramolecular Hbond substituents is 1. The number of phenols is 1. The number of fused-ring (bicyclic) bond motifs is 4. The lowest BCUT2D eigenvalue weighted by Gasteiger charge is -2.26. The summed E-state index contributed by atoms with van der Waals surface area (Å²) in [7, 11) is -6.03. The van der Waals surface area contributed by atoms with E-state index in [1.807, 2.05) is 60.7 Å². The Balaban J connectivity index is 0.000000192. The van der Waals surface area contributed by atoms with Gasteiger partial charge < -0.3 is 19.6 Å². The van der Waals surface area contributed by atoms with Crippen molar-refractivity contribution in [2.75, 3.05) is 16.1 Å². The molecule has 8 aromatic rings. The van der Waals surface area contributed by atoms with E-state index in [1.54, 1.807) is 87.3 Å². The number of pyridine rings is 2. The second-order valence-electron chi connectivity index (χ2n) is 18.6. The number of aromatic nitrogens is 2. The molecule has 4 heterocycles. The Bertz CT molecular complexity index is 3620. The van der Waals surface area contributed by atoms with Crippen LogP contribution in [0.4, 0.5) is 20.2 Å². The number of ether oxygens (including phenoxy) is 1. The largest absolute Gasteiger partial charge is 0.505 e. The van der Waals surface area contributed by atoms with Gasteiger partial charge >= 0.3 is 0 Å². The van der Waals surface area contributed by atoms with Gasteiger partial charge in [0.1, 0.15) is 28.8 Å². The van der Waals surface area contributed by atoms with Crippen LogP contribution < -0.4 is 13.8 Å². The molecule has 14 nitrogen and oxygen atoms in total. The summed E-state index contributed by atoms with van der Waals surface area (Å²) in [6.45, 7) is 6.98. The molecule has 0 radical (unpaired) electrons. The predicted molar refractivity (Wildman–Crippen MR) is 281 cm³/mol. The molecule has 10 rings (SSSR count). The number of halogens is 2. The lowest BCUT2D eigenvalue weighted by molar-refractivity contribution is 0.0756. The van der Waals surface area contributed by atoms with Crippen LogP contribution in [-0.4, -0.2) is 71.1 Å². The van der Waals surface area contributed by atoms with Crippen LogP contribution in [-0.2, 0) is 46.2 Å². The Morgan fingerprint density at radius 3 is 1.64 bits per heavy atom. The van der Waals surface area contributed by atoms with Gasteiger partial charge in [0.05, 0.1) is 33.0 Å². The summed E-state index contributed by atoms with van der Waals surface area (Å²) >= 11 is 0. The molecule has 2 N–H and O–H groups in total. The molecule has 74 heavy (non-hydrogen) atoms. The van der Waals surface area contributed by atoms with E-state index >= 15 is 0 Å². The second-order valence-corrected chi connectivity index (χ2v) is 23.3. The molecule has 2 aliphatic rings. The number of nitrogens with one attached hydrogen (secondary N) is 1. The van der Waals surface area contributed by atoms with Crippen molar-refractivity contribution in [2.45, 2.75) is 70.5 Å². The normalized spacial score (nSPS) is 13.4. The number of sulfonamides is 2. The highest BCUT2D eigenvalue weighted by atomic mass is 32.2. The van der Waals surface area contributed by atoms with Gasteiger partial charge in [-0.2, -0.15) is 0 Å². The summed E-state index contributed by atoms with van der Waals surface area (Å²) in [5, 5.41) is 10.4. The smallest absolute Gasteiger partial charge is 0.258 e. The molecule has 0 saturated carbocycles. The third-order valence-corrected chi connectivity index (χ3v) is 17.0. The average Bonchev–Trinajstić information content (AvgIpc) is 3.90. The van der Waals surface area contributed by atoms with Crippen LogP contribution in [0.5, 0.6) is 11.5 Å². The SMILES string of the molecule is CC(C)S(=O)(=O)N(C)c1c2c(c(O)c3ncccc13)C(=O)N(Cc1ccc(F)cc1)C2.CC(C)S(=O)(=O)Nc1c2c(c(OC(c3ccccc3)c3ccccc3)c3ncccc13)C(=O)N(Cc1ccc(F)cc1)C2. The van der Waals surface area contributed by atoms with E-state index in [-0.39, 0.29) is 71.9 Å². The minimum absolute atomic E-state index is 0.0501. The van der Waals surface area contributed by atoms with Gasteiger partial charge in [-0.15, -0.1) is 0 Å². The maximum absolute atomic E-state index is 14.2. The molecule has 380 valence electrons. The fourth-order valence-corrected chi connectivity index (χ4v) is 11.0. The zero-order chi connectivity index (χ0) is 52.6. The fourth-order valence-electron chi connectivity index (χ4n) is 9.14. The number of carbonyl (C=O) groups excluding carboxylic acids is 2. The van der Waals surface area contributed by atoms with Crippen molar-refractivity contribution < 1.29 is 45.0 Å². The lowest BCUT2D eigenvalue weighted by atomic mass is 9.99. The first kappa shape index (κ1) is 51.0. The molecular formula is C56H52F2N6O8S2. The first-order valence-corrected chi connectivity index (χ1v) is 26.8. The summed E-state index contributed by atoms with van der Waals surface area (Å²) in [5.41, 5.74) is 5.64. The van der Waals surface area contributed by atoms with Gasteiger partial charge in [-0.1, -0.05) is 84.9 Å². The third kappa shape index (κ3) is 9.81. The van der Waals surface area contributed by atoms with Crippen molar-refractivity contribution in [3.63, 3.8) is 0 Å². The number of hydrogen-bond acceptors (Lipinski definition) is 10. The number of benzene rings is 6. The monoisotopic (exact) mass is 1040 g/mol. The molecule has 2 aromatic heterocycles. The molecular weight excluding hydrogens is 987 g/mol. The number of amides is 2. The van der Waals surface area contributed by atoms with E-state index in [2.05, 4.69) is 14.7 Å². The number of aromatic hydroxyl groups is 1. The van der Waals surface area contributed by atoms with E-state index in [9.17, 15) is 40.3 Å². The van der Waals surface area contributed by atoms with Crippen molar-refractivity contribution in [1.82, 2.24) is 19.8 Å². The first-order valence-electron chi connectivity index (χ1n) is 23.7.